The number of anilines is 1. The average Bonchev–Trinajstić information content (AvgIpc) is 3.26. The first-order chi connectivity index (χ1) is 16.2. The van der Waals surface area contributed by atoms with Crippen molar-refractivity contribution in [2.24, 2.45) is 0 Å². The molecule has 1 saturated carbocycles. The van der Waals surface area contributed by atoms with E-state index < -0.39 is 5.41 Å². The smallest absolute Gasteiger partial charge is 0.236 e. The van der Waals surface area contributed by atoms with Crippen LogP contribution in [0.3, 0.4) is 0 Å². The second-order valence-corrected chi connectivity index (χ2v) is 12.6. The van der Waals surface area contributed by atoms with Gasteiger partial charge in [0.25, 0.3) is 0 Å². The van der Waals surface area contributed by atoms with E-state index in [0.29, 0.717) is 15.9 Å². The highest BCUT2D eigenvalue weighted by molar-refractivity contribution is 7.98. The lowest BCUT2D eigenvalue weighted by molar-refractivity contribution is -0.118. The lowest BCUT2D eigenvalue weighted by atomic mass is 9.94. The van der Waals surface area contributed by atoms with Gasteiger partial charge in [-0.05, 0) is 62.9 Å². The molecule has 0 radical (unpaired) electrons. The third-order valence-electron chi connectivity index (χ3n) is 5.84. The number of benzene rings is 2. The van der Waals surface area contributed by atoms with Gasteiger partial charge in [-0.3, -0.25) is 9.52 Å². The van der Waals surface area contributed by atoms with Crippen LogP contribution in [0.25, 0.3) is 0 Å². The van der Waals surface area contributed by atoms with Crippen molar-refractivity contribution in [1.29, 1.82) is 0 Å². The van der Waals surface area contributed by atoms with Gasteiger partial charge in [0.2, 0.25) is 12.7 Å². The fraction of sp³-hybridized carbons (Fsp3) is 0.360. The Morgan fingerprint density at radius 2 is 1.94 bits per heavy atom. The van der Waals surface area contributed by atoms with E-state index in [1.165, 1.54) is 11.3 Å². The minimum absolute atomic E-state index is 0.0181. The van der Waals surface area contributed by atoms with E-state index in [-0.39, 0.29) is 23.5 Å². The van der Waals surface area contributed by atoms with Gasteiger partial charge >= 0.3 is 0 Å². The van der Waals surface area contributed by atoms with E-state index in [0.717, 1.165) is 34.6 Å². The fourth-order valence-electron chi connectivity index (χ4n) is 3.88. The second-order valence-electron chi connectivity index (χ2n) is 9.46. The number of amides is 1. The summed E-state index contributed by atoms with van der Waals surface area (Å²) < 4.78 is 14.5. The Hall–Kier alpha value is -2.26. The topological polar surface area (TPSA) is 72.5 Å². The molecule has 9 heteroatoms. The molecule has 1 aromatic heterocycles. The van der Waals surface area contributed by atoms with Crippen LogP contribution in [0.15, 0.2) is 48.7 Å². The summed E-state index contributed by atoms with van der Waals surface area (Å²) in [7, 11) is 0. The van der Waals surface area contributed by atoms with E-state index in [4.69, 9.17) is 21.1 Å². The number of hydrogen-bond acceptors (Lipinski definition) is 7. The van der Waals surface area contributed by atoms with Crippen LogP contribution in [0.2, 0.25) is 5.02 Å². The van der Waals surface area contributed by atoms with E-state index in [1.54, 1.807) is 11.9 Å². The van der Waals surface area contributed by atoms with Gasteiger partial charge in [0.05, 0.1) is 11.5 Å². The summed E-state index contributed by atoms with van der Waals surface area (Å²) in [6, 6.07) is 13.4. The van der Waals surface area contributed by atoms with Crippen molar-refractivity contribution < 1.29 is 14.3 Å². The van der Waals surface area contributed by atoms with Crippen LogP contribution in [-0.2, 0) is 10.2 Å². The Kier molecular flexibility index (Phi) is 6.27. The van der Waals surface area contributed by atoms with Gasteiger partial charge in [0.1, 0.15) is 0 Å². The van der Waals surface area contributed by atoms with E-state index in [9.17, 15) is 4.79 Å². The SMILES string of the molecule is CC(C)(C)SNC(c1cnc(NC(=O)C2(c3ccc4c(c3)OCO4)CC2)s1)c1ccccc1Cl. The average molecular weight is 516 g/mol. The molecule has 5 rings (SSSR count). The number of carbonyl (C=O) groups excluding carboxylic acids is 1. The van der Waals surface area contributed by atoms with Crippen molar-refractivity contribution in [2.45, 2.75) is 49.8 Å². The highest BCUT2D eigenvalue weighted by atomic mass is 35.5. The number of thiazole rings is 1. The van der Waals surface area contributed by atoms with Crippen LogP contribution in [0.1, 0.15) is 55.7 Å². The summed E-state index contributed by atoms with van der Waals surface area (Å²) >= 11 is 9.64. The normalized spacial score (nSPS) is 16.8. The fourth-order valence-corrected chi connectivity index (χ4v) is 5.81. The molecule has 2 aromatic carbocycles. The molecule has 1 aliphatic heterocycles. The quantitative estimate of drug-likeness (QED) is 0.359. The van der Waals surface area contributed by atoms with Crippen LogP contribution in [-0.4, -0.2) is 22.4 Å². The molecule has 3 aromatic rings. The van der Waals surface area contributed by atoms with Gasteiger partial charge in [-0.1, -0.05) is 59.2 Å². The van der Waals surface area contributed by atoms with Crippen LogP contribution in [0.5, 0.6) is 11.5 Å². The number of aromatic nitrogens is 1. The molecule has 2 heterocycles. The Labute approximate surface area is 212 Å². The van der Waals surface area contributed by atoms with Gasteiger partial charge in [-0.15, -0.1) is 0 Å². The van der Waals surface area contributed by atoms with Crippen LogP contribution in [0, 0.1) is 0 Å². The molecule has 1 unspecified atom stereocenters. The number of ether oxygens (including phenoxy) is 2. The first-order valence-electron chi connectivity index (χ1n) is 11.1. The van der Waals surface area contributed by atoms with Crippen molar-refractivity contribution in [3.05, 3.63) is 69.7 Å². The maximum Gasteiger partial charge on any atom is 0.236 e. The zero-order valence-electron chi connectivity index (χ0n) is 19.2. The molecule has 1 fully saturated rings. The van der Waals surface area contributed by atoms with Gasteiger partial charge in [-0.25, -0.2) is 4.98 Å². The monoisotopic (exact) mass is 515 g/mol. The van der Waals surface area contributed by atoms with Gasteiger partial charge in [0, 0.05) is 20.8 Å². The second kappa shape index (κ2) is 9.07. The molecule has 2 N–H and O–H groups in total. The van der Waals surface area contributed by atoms with Gasteiger partial charge in [-0.2, -0.15) is 0 Å². The highest BCUT2D eigenvalue weighted by Crippen LogP contribution is 2.51. The first kappa shape index (κ1) is 23.5. The standard InChI is InChI=1S/C25H26ClN3O3S2/c1-24(2,3)34-29-21(16-6-4-5-7-17(16)26)20-13-27-23(33-20)28-22(30)25(10-11-25)15-8-9-18-19(12-15)32-14-31-18/h4-9,12-13,21,29H,10-11,14H2,1-3H3,(H,27,28,30). The molecule has 0 bridgehead atoms. The number of nitrogens with zero attached hydrogens (tertiary/aromatic N) is 1. The Balaban J connectivity index is 1.36. The summed E-state index contributed by atoms with van der Waals surface area (Å²) in [6.07, 6.45) is 3.40. The number of halogens is 1. The minimum atomic E-state index is -0.546. The summed E-state index contributed by atoms with van der Waals surface area (Å²) in [5, 5.41) is 4.32. The Bertz CT molecular complexity index is 1220. The maximum absolute atomic E-state index is 13.3. The maximum atomic E-state index is 13.3. The molecule has 1 aliphatic carbocycles. The van der Waals surface area contributed by atoms with E-state index in [2.05, 4.69) is 35.8 Å². The number of nitrogens with one attached hydrogen (secondary N) is 2. The Morgan fingerprint density at radius 3 is 2.68 bits per heavy atom. The molecule has 2 aliphatic rings. The molecule has 1 amide bonds. The van der Waals surface area contributed by atoms with Gasteiger partial charge < -0.3 is 14.8 Å². The number of hydrogen-bond donors (Lipinski definition) is 2. The Morgan fingerprint density at radius 1 is 1.18 bits per heavy atom. The summed E-state index contributed by atoms with van der Waals surface area (Å²) in [6.45, 7) is 6.67. The van der Waals surface area contributed by atoms with Crippen LogP contribution >= 0.6 is 34.9 Å². The highest BCUT2D eigenvalue weighted by Gasteiger charge is 2.52. The molecule has 178 valence electrons. The van der Waals surface area contributed by atoms with Crippen molar-refractivity contribution >= 4 is 45.9 Å². The lowest BCUT2D eigenvalue weighted by Crippen LogP contribution is -2.27. The molecule has 1 atom stereocenters. The minimum Gasteiger partial charge on any atom is -0.454 e. The van der Waals surface area contributed by atoms with Gasteiger partial charge in [0.15, 0.2) is 16.6 Å². The number of fused-ring (bicyclic) bond motifs is 1. The van der Waals surface area contributed by atoms with Crippen molar-refractivity contribution in [2.75, 3.05) is 12.1 Å². The summed E-state index contributed by atoms with van der Waals surface area (Å²) in [5.41, 5.74) is 1.37. The summed E-state index contributed by atoms with van der Waals surface area (Å²) in [4.78, 5) is 18.8. The lowest BCUT2D eigenvalue weighted by Gasteiger charge is -2.24. The zero-order chi connectivity index (χ0) is 23.9. The predicted molar refractivity (Wildman–Crippen MR) is 138 cm³/mol. The molecule has 0 saturated heterocycles. The third kappa shape index (κ3) is 4.77. The molecular formula is C25H26ClN3O3S2. The third-order valence-corrected chi connectivity index (χ3v) is 8.13. The van der Waals surface area contributed by atoms with E-state index in [1.807, 2.05) is 48.7 Å². The van der Waals surface area contributed by atoms with E-state index >= 15 is 0 Å². The van der Waals surface area contributed by atoms with Crippen molar-refractivity contribution in [3.8, 4) is 11.5 Å². The molecular weight excluding hydrogens is 490 g/mol. The largest absolute Gasteiger partial charge is 0.454 e. The number of carbonyl (C=O) groups is 1. The summed E-state index contributed by atoms with van der Waals surface area (Å²) in [5.74, 6) is 1.37. The molecule has 6 nitrogen and oxygen atoms in total. The predicted octanol–water partition coefficient (Wildman–Crippen LogP) is 6.32. The molecule has 34 heavy (non-hydrogen) atoms. The number of rotatable bonds is 7. The van der Waals surface area contributed by atoms with Crippen molar-refractivity contribution in [3.63, 3.8) is 0 Å². The zero-order valence-corrected chi connectivity index (χ0v) is 21.6. The molecule has 0 spiro atoms. The van der Waals surface area contributed by atoms with Crippen LogP contribution in [0.4, 0.5) is 5.13 Å². The van der Waals surface area contributed by atoms with Crippen molar-refractivity contribution in [1.82, 2.24) is 9.71 Å². The van der Waals surface area contributed by atoms with Crippen LogP contribution < -0.4 is 19.5 Å². The first-order valence-corrected chi connectivity index (χ1v) is 13.1.